The standard InChI is InChI=1S/C11H13NO/c1-2-9-7-12-5-3-10(9)11-8(1)4-6-13-11/h1-2,12H,3-7H2. The van der Waals surface area contributed by atoms with Crippen molar-refractivity contribution in [2.75, 3.05) is 13.2 Å². The van der Waals surface area contributed by atoms with Crippen LogP contribution in [0.2, 0.25) is 0 Å². The molecule has 0 aliphatic carbocycles. The predicted octanol–water partition coefficient (Wildman–Crippen LogP) is 1.27. The first-order valence-electron chi connectivity index (χ1n) is 4.92. The van der Waals surface area contributed by atoms with Crippen molar-refractivity contribution in [1.29, 1.82) is 0 Å². The van der Waals surface area contributed by atoms with E-state index in [2.05, 4.69) is 17.4 Å². The first-order valence-corrected chi connectivity index (χ1v) is 4.92. The summed E-state index contributed by atoms with van der Waals surface area (Å²) in [6.45, 7) is 2.97. The van der Waals surface area contributed by atoms with Crippen LogP contribution in [0.5, 0.6) is 5.75 Å². The van der Waals surface area contributed by atoms with Gasteiger partial charge in [-0.25, -0.2) is 0 Å². The van der Waals surface area contributed by atoms with Crippen LogP contribution < -0.4 is 10.1 Å². The molecular weight excluding hydrogens is 162 g/mol. The Labute approximate surface area is 77.9 Å². The van der Waals surface area contributed by atoms with Crippen molar-refractivity contribution < 1.29 is 4.74 Å². The molecule has 2 nitrogen and oxygen atoms in total. The van der Waals surface area contributed by atoms with Crippen molar-refractivity contribution in [2.24, 2.45) is 0 Å². The van der Waals surface area contributed by atoms with Gasteiger partial charge in [0.2, 0.25) is 0 Å². The molecule has 3 rings (SSSR count). The lowest BCUT2D eigenvalue weighted by Crippen LogP contribution is -2.23. The molecule has 0 fully saturated rings. The fourth-order valence-electron chi connectivity index (χ4n) is 2.23. The fraction of sp³-hybridized carbons (Fsp3) is 0.455. The van der Waals surface area contributed by atoms with Crippen molar-refractivity contribution in [3.63, 3.8) is 0 Å². The maximum atomic E-state index is 5.67. The third-order valence-corrected chi connectivity index (χ3v) is 2.92. The molecule has 68 valence electrons. The Morgan fingerprint density at radius 3 is 3.08 bits per heavy atom. The van der Waals surface area contributed by atoms with Gasteiger partial charge in [-0.3, -0.25) is 0 Å². The normalized spacial score (nSPS) is 19.1. The summed E-state index contributed by atoms with van der Waals surface area (Å²) in [7, 11) is 0. The Kier molecular flexibility index (Phi) is 1.56. The van der Waals surface area contributed by atoms with Gasteiger partial charge in [0.15, 0.2) is 0 Å². The molecule has 2 heteroatoms. The first-order chi connectivity index (χ1) is 6.45. The van der Waals surface area contributed by atoms with E-state index in [0.717, 1.165) is 32.5 Å². The van der Waals surface area contributed by atoms with Gasteiger partial charge in [0.25, 0.3) is 0 Å². The average Bonchev–Trinajstić information content (AvgIpc) is 2.65. The second-order valence-electron chi connectivity index (χ2n) is 3.72. The van der Waals surface area contributed by atoms with Crippen LogP contribution in [0.4, 0.5) is 0 Å². The molecule has 1 N–H and O–H groups in total. The van der Waals surface area contributed by atoms with E-state index in [4.69, 9.17) is 4.74 Å². The molecule has 0 amide bonds. The van der Waals surface area contributed by atoms with Gasteiger partial charge >= 0.3 is 0 Å². The number of hydrogen-bond acceptors (Lipinski definition) is 2. The van der Waals surface area contributed by atoms with Gasteiger partial charge in [0.05, 0.1) is 6.61 Å². The molecule has 2 heterocycles. The summed E-state index contributed by atoms with van der Waals surface area (Å²) in [5, 5.41) is 3.38. The zero-order valence-electron chi connectivity index (χ0n) is 7.60. The highest BCUT2D eigenvalue weighted by atomic mass is 16.5. The molecule has 1 aromatic carbocycles. The van der Waals surface area contributed by atoms with Gasteiger partial charge in [0, 0.05) is 18.5 Å². The minimum absolute atomic E-state index is 0.874. The van der Waals surface area contributed by atoms with E-state index < -0.39 is 0 Å². The number of hydrogen-bond donors (Lipinski definition) is 1. The van der Waals surface area contributed by atoms with Crippen LogP contribution in [0.25, 0.3) is 0 Å². The summed E-state index contributed by atoms with van der Waals surface area (Å²) in [4.78, 5) is 0. The van der Waals surface area contributed by atoms with Crippen molar-refractivity contribution >= 4 is 0 Å². The predicted molar refractivity (Wildman–Crippen MR) is 51.1 cm³/mol. The van der Waals surface area contributed by atoms with Gasteiger partial charge < -0.3 is 10.1 Å². The van der Waals surface area contributed by atoms with Crippen LogP contribution in [0, 0.1) is 0 Å². The highest BCUT2D eigenvalue weighted by Crippen LogP contribution is 2.33. The number of ether oxygens (including phenoxy) is 1. The molecule has 0 saturated heterocycles. The van der Waals surface area contributed by atoms with Gasteiger partial charge in [0.1, 0.15) is 5.75 Å². The molecule has 0 saturated carbocycles. The third kappa shape index (κ3) is 1.05. The van der Waals surface area contributed by atoms with Gasteiger partial charge in [-0.1, -0.05) is 12.1 Å². The molecule has 0 radical (unpaired) electrons. The first kappa shape index (κ1) is 7.39. The van der Waals surface area contributed by atoms with E-state index >= 15 is 0 Å². The fourth-order valence-corrected chi connectivity index (χ4v) is 2.23. The van der Waals surface area contributed by atoms with E-state index in [0.29, 0.717) is 0 Å². The topological polar surface area (TPSA) is 21.3 Å². The molecule has 0 atom stereocenters. The zero-order valence-corrected chi connectivity index (χ0v) is 7.60. The summed E-state index contributed by atoms with van der Waals surface area (Å²) >= 11 is 0. The highest BCUT2D eigenvalue weighted by Gasteiger charge is 2.20. The lowest BCUT2D eigenvalue weighted by atomic mass is 9.97. The molecule has 2 aliphatic heterocycles. The van der Waals surface area contributed by atoms with E-state index in [-0.39, 0.29) is 0 Å². The maximum Gasteiger partial charge on any atom is 0.126 e. The minimum Gasteiger partial charge on any atom is -0.493 e. The zero-order chi connectivity index (χ0) is 8.67. The van der Waals surface area contributed by atoms with Crippen LogP contribution in [-0.4, -0.2) is 13.2 Å². The Hall–Kier alpha value is -1.02. The van der Waals surface area contributed by atoms with Crippen LogP contribution in [0.1, 0.15) is 16.7 Å². The number of fused-ring (bicyclic) bond motifs is 3. The number of rotatable bonds is 0. The Morgan fingerprint density at radius 1 is 1.15 bits per heavy atom. The summed E-state index contributed by atoms with van der Waals surface area (Å²) in [5.74, 6) is 1.19. The monoisotopic (exact) mass is 175 g/mol. The Bertz CT molecular complexity index is 346. The molecule has 0 spiro atoms. The lowest BCUT2D eigenvalue weighted by Gasteiger charge is -2.19. The van der Waals surface area contributed by atoms with Crippen LogP contribution in [0.3, 0.4) is 0 Å². The largest absolute Gasteiger partial charge is 0.493 e. The average molecular weight is 175 g/mol. The number of nitrogens with one attached hydrogen (secondary N) is 1. The van der Waals surface area contributed by atoms with Crippen molar-refractivity contribution in [3.05, 3.63) is 28.8 Å². The van der Waals surface area contributed by atoms with E-state index in [1.807, 2.05) is 0 Å². The SMILES string of the molecule is c1cc2c(c3c1CNCC3)OCC2. The summed E-state index contributed by atoms with van der Waals surface area (Å²) < 4.78 is 5.67. The van der Waals surface area contributed by atoms with E-state index in [1.54, 1.807) is 0 Å². The van der Waals surface area contributed by atoms with Crippen molar-refractivity contribution in [2.45, 2.75) is 19.4 Å². The second kappa shape index (κ2) is 2.74. The molecule has 1 aromatic rings. The number of benzene rings is 1. The van der Waals surface area contributed by atoms with Crippen LogP contribution >= 0.6 is 0 Å². The van der Waals surface area contributed by atoms with E-state index in [9.17, 15) is 0 Å². The molecule has 0 bridgehead atoms. The Morgan fingerprint density at radius 2 is 2.08 bits per heavy atom. The van der Waals surface area contributed by atoms with Gasteiger partial charge in [-0.15, -0.1) is 0 Å². The molecule has 0 aromatic heterocycles. The van der Waals surface area contributed by atoms with E-state index in [1.165, 1.54) is 22.4 Å². The summed E-state index contributed by atoms with van der Waals surface area (Å²) in [6.07, 6.45) is 2.22. The van der Waals surface area contributed by atoms with Crippen molar-refractivity contribution in [3.8, 4) is 5.75 Å². The highest BCUT2D eigenvalue weighted by molar-refractivity contribution is 5.49. The summed E-state index contributed by atoms with van der Waals surface area (Å²) in [6, 6.07) is 4.46. The van der Waals surface area contributed by atoms with Gasteiger partial charge in [-0.2, -0.15) is 0 Å². The molecule has 2 aliphatic rings. The maximum absolute atomic E-state index is 5.67. The molecule has 13 heavy (non-hydrogen) atoms. The minimum atomic E-state index is 0.874. The smallest absolute Gasteiger partial charge is 0.126 e. The Balaban J connectivity index is 2.17. The lowest BCUT2D eigenvalue weighted by molar-refractivity contribution is 0.351. The van der Waals surface area contributed by atoms with Gasteiger partial charge in [-0.05, 0) is 24.1 Å². The summed E-state index contributed by atoms with van der Waals surface area (Å²) in [5.41, 5.74) is 4.28. The molecule has 0 unspecified atom stereocenters. The van der Waals surface area contributed by atoms with Crippen LogP contribution in [0.15, 0.2) is 12.1 Å². The molecular formula is C11H13NO. The van der Waals surface area contributed by atoms with Crippen LogP contribution in [-0.2, 0) is 19.4 Å². The second-order valence-corrected chi connectivity index (χ2v) is 3.72. The quantitative estimate of drug-likeness (QED) is 0.641. The van der Waals surface area contributed by atoms with Crippen molar-refractivity contribution in [1.82, 2.24) is 5.32 Å². The third-order valence-electron chi connectivity index (χ3n) is 2.92.